The average molecular weight is 348 g/mol. The Morgan fingerprint density at radius 2 is 2.08 bits per heavy atom. The van der Waals surface area contributed by atoms with Crippen molar-refractivity contribution in [2.45, 2.75) is 70.6 Å². The smallest absolute Gasteiger partial charge is 0.289 e. The highest BCUT2D eigenvalue weighted by Crippen LogP contribution is 2.31. The Kier molecular flexibility index (Phi) is 6.18. The zero-order valence-electron chi connectivity index (χ0n) is 15.5. The van der Waals surface area contributed by atoms with Crippen LogP contribution in [-0.2, 0) is 4.74 Å². The minimum absolute atomic E-state index is 0.0281. The summed E-state index contributed by atoms with van der Waals surface area (Å²) in [7, 11) is 0. The van der Waals surface area contributed by atoms with Gasteiger partial charge in [-0.3, -0.25) is 4.79 Å². The van der Waals surface area contributed by atoms with Crippen molar-refractivity contribution in [3.05, 3.63) is 24.2 Å². The first kappa shape index (κ1) is 18.5. The van der Waals surface area contributed by atoms with Crippen molar-refractivity contribution in [1.29, 1.82) is 0 Å². The van der Waals surface area contributed by atoms with E-state index in [1.807, 2.05) is 4.90 Å². The van der Waals surface area contributed by atoms with Crippen molar-refractivity contribution in [3.8, 4) is 0 Å². The molecule has 1 aromatic heterocycles. The highest BCUT2D eigenvalue weighted by molar-refractivity contribution is 5.91. The van der Waals surface area contributed by atoms with Gasteiger partial charge in [-0.25, -0.2) is 0 Å². The van der Waals surface area contributed by atoms with Gasteiger partial charge in [0.1, 0.15) is 0 Å². The van der Waals surface area contributed by atoms with E-state index >= 15 is 0 Å². The number of rotatable bonds is 5. The van der Waals surface area contributed by atoms with Crippen LogP contribution in [-0.4, -0.2) is 42.1 Å². The van der Waals surface area contributed by atoms with Crippen molar-refractivity contribution < 1.29 is 13.9 Å². The highest BCUT2D eigenvalue weighted by Gasteiger charge is 2.35. The Labute approximate surface area is 150 Å². The molecular formula is C20H32N2O3. The quantitative estimate of drug-likeness (QED) is 0.885. The van der Waals surface area contributed by atoms with E-state index in [-0.39, 0.29) is 18.0 Å². The summed E-state index contributed by atoms with van der Waals surface area (Å²) in [5.74, 6) is 1.90. The zero-order chi connectivity index (χ0) is 17.8. The lowest BCUT2D eigenvalue weighted by Gasteiger charge is -2.40. The van der Waals surface area contributed by atoms with Gasteiger partial charge in [0.15, 0.2) is 5.76 Å². The molecule has 3 rings (SSSR count). The summed E-state index contributed by atoms with van der Waals surface area (Å²) in [5, 5.41) is 0. The molecule has 5 heteroatoms. The molecule has 2 fully saturated rings. The van der Waals surface area contributed by atoms with Crippen LogP contribution in [0.3, 0.4) is 0 Å². The van der Waals surface area contributed by atoms with E-state index in [0.29, 0.717) is 18.5 Å². The van der Waals surface area contributed by atoms with Crippen LogP contribution in [0, 0.1) is 11.8 Å². The Morgan fingerprint density at radius 1 is 1.32 bits per heavy atom. The fourth-order valence-electron chi connectivity index (χ4n) is 4.25. The molecule has 2 N–H and O–H groups in total. The molecule has 2 unspecified atom stereocenters. The van der Waals surface area contributed by atoms with Gasteiger partial charge in [-0.15, -0.1) is 0 Å². The second-order valence-corrected chi connectivity index (χ2v) is 7.96. The standard InChI is InChI=1S/C20H32N2O3/c1-14(2)15-7-9-16(10-8-15)25-13-18-17(21)5-3-11-22(18)20(23)19-6-4-12-24-19/h4,6,12,14-18H,3,5,7-11,13,21H2,1-2H3. The SMILES string of the molecule is CC(C)C1CCC(OCC2C(N)CCCN2C(=O)c2ccco2)CC1. The predicted molar refractivity (Wildman–Crippen MR) is 97.3 cm³/mol. The normalized spacial score (nSPS) is 30.6. The van der Waals surface area contributed by atoms with Gasteiger partial charge < -0.3 is 19.8 Å². The van der Waals surface area contributed by atoms with Crippen molar-refractivity contribution in [2.24, 2.45) is 17.6 Å². The number of carbonyl (C=O) groups is 1. The van der Waals surface area contributed by atoms with E-state index in [9.17, 15) is 4.79 Å². The molecule has 25 heavy (non-hydrogen) atoms. The number of hydrogen-bond donors (Lipinski definition) is 1. The first-order chi connectivity index (χ1) is 12.1. The molecule has 2 heterocycles. The fraction of sp³-hybridized carbons (Fsp3) is 0.750. The van der Waals surface area contributed by atoms with Gasteiger partial charge in [0, 0.05) is 12.6 Å². The number of amides is 1. The molecule has 140 valence electrons. The number of hydrogen-bond acceptors (Lipinski definition) is 4. The molecule has 1 amide bonds. The summed E-state index contributed by atoms with van der Waals surface area (Å²) in [5.41, 5.74) is 6.33. The lowest BCUT2D eigenvalue weighted by molar-refractivity contribution is -0.0274. The molecule has 2 aliphatic rings. The Balaban J connectivity index is 1.56. The van der Waals surface area contributed by atoms with Gasteiger partial charge in [0.2, 0.25) is 0 Å². The number of nitrogens with zero attached hydrogens (tertiary/aromatic N) is 1. The van der Waals surface area contributed by atoms with E-state index in [0.717, 1.165) is 44.1 Å². The van der Waals surface area contributed by atoms with Crippen molar-refractivity contribution in [1.82, 2.24) is 4.90 Å². The van der Waals surface area contributed by atoms with Crippen LogP contribution in [0.1, 0.15) is 62.9 Å². The van der Waals surface area contributed by atoms with Crippen molar-refractivity contribution in [2.75, 3.05) is 13.2 Å². The van der Waals surface area contributed by atoms with E-state index in [4.69, 9.17) is 14.9 Å². The lowest BCUT2D eigenvalue weighted by Crippen LogP contribution is -2.56. The first-order valence-corrected chi connectivity index (χ1v) is 9.78. The molecule has 1 saturated heterocycles. The third-order valence-electron chi connectivity index (χ3n) is 5.99. The van der Waals surface area contributed by atoms with Crippen molar-refractivity contribution >= 4 is 5.91 Å². The van der Waals surface area contributed by atoms with Crippen LogP contribution in [0.5, 0.6) is 0 Å². The summed E-state index contributed by atoms with van der Waals surface area (Å²) >= 11 is 0. The van der Waals surface area contributed by atoms with Gasteiger partial charge in [-0.05, 0) is 62.5 Å². The van der Waals surface area contributed by atoms with E-state index in [1.165, 1.54) is 19.1 Å². The second kappa shape index (κ2) is 8.37. The summed E-state index contributed by atoms with van der Waals surface area (Å²) < 4.78 is 11.5. The molecule has 1 aliphatic carbocycles. The fourth-order valence-corrected chi connectivity index (χ4v) is 4.25. The predicted octanol–water partition coefficient (Wildman–Crippen LogP) is 3.44. The summed E-state index contributed by atoms with van der Waals surface area (Å²) in [6, 6.07) is 3.37. The zero-order valence-corrected chi connectivity index (χ0v) is 15.5. The van der Waals surface area contributed by atoms with Crippen LogP contribution in [0.25, 0.3) is 0 Å². The molecule has 1 saturated carbocycles. The third kappa shape index (κ3) is 4.45. The Bertz CT molecular complexity index is 535. The molecule has 0 bridgehead atoms. The molecular weight excluding hydrogens is 316 g/mol. The van der Waals surface area contributed by atoms with Gasteiger partial charge in [0.25, 0.3) is 5.91 Å². The summed E-state index contributed by atoms with van der Waals surface area (Å²) in [6.45, 7) is 5.88. The highest BCUT2D eigenvalue weighted by atomic mass is 16.5. The lowest BCUT2D eigenvalue weighted by atomic mass is 9.80. The van der Waals surface area contributed by atoms with E-state index in [2.05, 4.69) is 13.8 Å². The summed E-state index contributed by atoms with van der Waals surface area (Å²) in [4.78, 5) is 14.6. The number of furan rings is 1. The molecule has 1 aliphatic heterocycles. The molecule has 1 aromatic rings. The maximum atomic E-state index is 12.7. The third-order valence-corrected chi connectivity index (χ3v) is 5.99. The number of likely N-dealkylation sites (tertiary alicyclic amines) is 1. The number of nitrogens with two attached hydrogens (primary N) is 1. The van der Waals surface area contributed by atoms with Crippen molar-refractivity contribution in [3.63, 3.8) is 0 Å². The molecule has 5 nitrogen and oxygen atoms in total. The second-order valence-electron chi connectivity index (χ2n) is 7.96. The van der Waals surface area contributed by atoms with Gasteiger partial charge in [-0.1, -0.05) is 13.8 Å². The molecule has 0 spiro atoms. The first-order valence-electron chi connectivity index (χ1n) is 9.78. The van der Waals surface area contributed by atoms with Crippen LogP contribution in [0.2, 0.25) is 0 Å². The maximum absolute atomic E-state index is 12.7. The monoisotopic (exact) mass is 348 g/mol. The minimum atomic E-state index is -0.0720. The van der Waals surface area contributed by atoms with Gasteiger partial charge >= 0.3 is 0 Å². The average Bonchev–Trinajstić information content (AvgIpc) is 3.15. The van der Waals surface area contributed by atoms with Crippen LogP contribution >= 0.6 is 0 Å². The molecule has 0 aromatic carbocycles. The van der Waals surface area contributed by atoms with Crippen LogP contribution in [0.4, 0.5) is 0 Å². The summed E-state index contributed by atoms with van der Waals surface area (Å²) in [6.07, 6.45) is 8.45. The molecule has 0 radical (unpaired) electrons. The number of piperidine rings is 1. The van der Waals surface area contributed by atoms with Gasteiger partial charge in [-0.2, -0.15) is 0 Å². The van der Waals surface area contributed by atoms with Gasteiger partial charge in [0.05, 0.1) is 25.0 Å². The largest absolute Gasteiger partial charge is 0.459 e. The number of ether oxygens (including phenoxy) is 1. The van der Waals surface area contributed by atoms with Crippen LogP contribution in [0.15, 0.2) is 22.8 Å². The molecule has 2 atom stereocenters. The van der Waals surface area contributed by atoms with E-state index < -0.39 is 0 Å². The Hall–Kier alpha value is -1.33. The van der Waals surface area contributed by atoms with E-state index in [1.54, 1.807) is 12.1 Å². The Morgan fingerprint density at radius 3 is 2.72 bits per heavy atom. The maximum Gasteiger partial charge on any atom is 0.289 e. The van der Waals surface area contributed by atoms with Crippen LogP contribution < -0.4 is 5.73 Å². The number of carbonyl (C=O) groups excluding carboxylic acids is 1. The topological polar surface area (TPSA) is 68.7 Å². The minimum Gasteiger partial charge on any atom is -0.459 e.